The molecule has 2 heterocycles. The predicted molar refractivity (Wildman–Crippen MR) is 68.0 cm³/mol. The SMILES string of the molecule is CC1CCn2c(nnc2-c2cccc(Cl)c2)C1. The summed E-state index contributed by atoms with van der Waals surface area (Å²) in [5, 5.41) is 9.32. The Hall–Kier alpha value is -1.35. The molecule has 17 heavy (non-hydrogen) atoms. The maximum absolute atomic E-state index is 6.01. The molecule has 0 N–H and O–H groups in total. The van der Waals surface area contributed by atoms with Crippen molar-refractivity contribution in [1.29, 1.82) is 0 Å². The van der Waals surface area contributed by atoms with Crippen LogP contribution in [0.4, 0.5) is 0 Å². The number of rotatable bonds is 1. The monoisotopic (exact) mass is 247 g/mol. The van der Waals surface area contributed by atoms with Crippen LogP contribution in [0.1, 0.15) is 19.2 Å². The van der Waals surface area contributed by atoms with Gasteiger partial charge in [0.25, 0.3) is 0 Å². The fourth-order valence-electron chi connectivity index (χ4n) is 2.33. The topological polar surface area (TPSA) is 30.7 Å². The molecule has 0 saturated heterocycles. The lowest BCUT2D eigenvalue weighted by atomic mass is 10.00. The zero-order valence-corrected chi connectivity index (χ0v) is 10.5. The minimum Gasteiger partial charge on any atom is -0.311 e. The van der Waals surface area contributed by atoms with Crippen LogP contribution in [0.15, 0.2) is 24.3 Å². The summed E-state index contributed by atoms with van der Waals surface area (Å²) in [6.45, 7) is 3.27. The molecule has 1 atom stereocenters. The van der Waals surface area contributed by atoms with E-state index >= 15 is 0 Å². The van der Waals surface area contributed by atoms with Crippen molar-refractivity contribution in [2.75, 3.05) is 0 Å². The second kappa shape index (κ2) is 4.15. The number of benzene rings is 1. The van der Waals surface area contributed by atoms with E-state index in [1.165, 1.54) is 6.42 Å². The summed E-state index contributed by atoms with van der Waals surface area (Å²) in [5.74, 6) is 2.74. The van der Waals surface area contributed by atoms with Gasteiger partial charge in [0.1, 0.15) is 5.82 Å². The average Bonchev–Trinajstić information content (AvgIpc) is 2.71. The predicted octanol–water partition coefficient (Wildman–Crippen LogP) is 3.18. The second-order valence-electron chi connectivity index (χ2n) is 4.70. The molecule has 0 amide bonds. The molecule has 2 aromatic rings. The van der Waals surface area contributed by atoms with Gasteiger partial charge in [0, 0.05) is 23.6 Å². The molecule has 1 aliphatic heterocycles. The van der Waals surface area contributed by atoms with Gasteiger partial charge >= 0.3 is 0 Å². The number of halogens is 1. The minimum atomic E-state index is 0.707. The van der Waals surface area contributed by atoms with E-state index in [0.29, 0.717) is 5.92 Å². The summed E-state index contributed by atoms with van der Waals surface area (Å²) in [5.41, 5.74) is 1.05. The zero-order valence-electron chi connectivity index (χ0n) is 9.73. The van der Waals surface area contributed by atoms with Crippen molar-refractivity contribution in [3.8, 4) is 11.4 Å². The molecule has 1 unspecified atom stereocenters. The van der Waals surface area contributed by atoms with Crippen molar-refractivity contribution in [1.82, 2.24) is 14.8 Å². The number of hydrogen-bond acceptors (Lipinski definition) is 2. The minimum absolute atomic E-state index is 0.707. The number of nitrogens with zero attached hydrogens (tertiary/aromatic N) is 3. The maximum atomic E-state index is 6.01. The van der Waals surface area contributed by atoms with E-state index in [9.17, 15) is 0 Å². The quantitative estimate of drug-likeness (QED) is 0.775. The Morgan fingerprint density at radius 3 is 3.06 bits per heavy atom. The molecule has 1 aromatic heterocycles. The first kappa shape index (κ1) is 10.8. The van der Waals surface area contributed by atoms with Gasteiger partial charge in [0.2, 0.25) is 0 Å². The van der Waals surface area contributed by atoms with Crippen molar-refractivity contribution < 1.29 is 0 Å². The van der Waals surface area contributed by atoms with Gasteiger partial charge in [-0.1, -0.05) is 30.7 Å². The van der Waals surface area contributed by atoms with E-state index in [1.807, 2.05) is 24.3 Å². The number of hydrogen-bond donors (Lipinski definition) is 0. The summed E-state index contributed by atoms with van der Waals surface area (Å²) in [6, 6.07) is 7.80. The molecular weight excluding hydrogens is 234 g/mol. The van der Waals surface area contributed by atoms with Gasteiger partial charge in [-0.05, 0) is 24.5 Å². The lowest BCUT2D eigenvalue weighted by molar-refractivity contribution is 0.411. The van der Waals surface area contributed by atoms with E-state index < -0.39 is 0 Å². The van der Waals surface area contributed by atoms with Crippen molar-refractivity contribution in [3.63, 3.8) is 0 Å². The normalized spacial score (nSPS) is 19.1. The number of aromatic nitrogens is 3. The van der Waals surface area contributed by atoms with Crippen LogP contribution in [-0.4, -0.2) is 14.8 Å². The molecule has 1 aliphatic rings. The lowest BCUT2D eigenvalue weighted by Gasteiger charge is -2.20. The number of fused-ring (bicyclic) bond motifs is 1. The summed E-state index contributed by atoms with van der Waals surface area (Å²) >= 11 is 6.01. The lowest BCUT2D eigenvalue weighted by Crippen LogP contribution is -2.17. The van der Waals surface area contributed by atoms with E-state index in [0.717, 1.165) is 35.2 Å². The van der Waals surface area contributed by atoms with Crippen molar-refractivity contribution >= 4 is 11.6 Å². The van der Waals surface area contributed by atoms with E-state index in [2.05, 4.69) is 21.7 Å². The molecule has 88 valence electrons. The highest BCUT2D eigenvalue weighted by molar-refractivity contribution is 6.30. The van der Waals surface area contributed by atoms with Crippen LogP contribution in [0.5, 0.6) is 0 Å². The summed E-state index contributed by atoms with van der Waals surface area (Å²) in [7, 11) is 0. The Morgan fingerprint density at radius 2 is 2.24 bits per heavy atom. The van der Waals surface area contributed by atoms with Gasteiger partial charge in [0.05, 0.1) is 0 Å². The Balaban J connectivity index is 2.05. The Kier molecular flexibility index (Phi) is 2.63. The van der Waals surface area contributed by atoms with E-state index in [1.54, 1.807) is 0 Å². The molecular formula is C13H14ClN3. The smallest absolute Gasteiger partial charge is 0.164 e. The van der Waals surface area contributed by atoms with Gasteiger partial charge < -0.3 is 4.57 Å². The fraction of sp³-hybridized carbons (Fsp3) is 0.385. The molecule has 4 heteroatoms. The van der Waals surface area contributed by atoms with Gasteiger partial charge in [-0.25, -0.2) is 0 Å². The molecule has 3 nitrogen and oxygen atoms in total. The van der Waals surface area contributed by atoms with Crippen LogP contribution in [0.3, 0.4) is 0 Å². The van der Waals surface area contributed by atoms with Crippen LogP contribution >= 0.6 is 11.6 Å². The molecule has 0 fully saturated rings. The van der Waals surface area contributed by atoms with E-state index in [4.69, 9.17) is 11.6 Å². The maximum Gasteiger partial charge on any atom is 0.164 e. The second-order valence-corrected chi connectivity index (χ2v) is 5.14. The first-order valence-corrected chi connectivity index (χ1v) is 6.30. The van der Waals surface area contributed by atoms with Gasteiger partial charge in [0.15, 0.2) is 5.82 Å². The van der Waals surface area contributed by atoms with Crippen LogP contribution < -0.4 is 0 Å². The third-order valence-corrected chi connectivity index (χ3v) is 3.52. The summed E-state index contributed by atoms with van der Waals surface area (Å²) < 4.78 is 2.21. The van der Waals surface area contributed by atoms with Crippen molar-refractivity contribution in [2.45, 2.75) is 26.3 Å². The summed E-state index contributed by atoms with van der Waals surface area (Å²) in [6.07, 6.45) is 2.21. The molecule has 1 aromatic carbocycles. The van der Waals surface area contributed by atoms with Crippen molar-refractivity contribution in [3.05, 3.63) is 35.1 Å². The first-order chi connectivity index (χ1) is 8.24. The van der Waals surface area contributed by atoms with Crippen LogP contribution in [-0.2, 0) is 13.0 Å². The molecule has 0 aliphatic carbocycles. The fourth-order valence-corrected chi connectivity index (χ4v) is 2.52. The standard InChI is InChI=1S/C13H14ClN3/c1-9-5-6-17-12(7-9)15-16-13(17)10-3-2-4-11(14)8-10/h2-4,8-9H,5-7H2,1H3. The molecule has 3 rings (SSSR count). The van der Waals surface area contributed by atoms with Crippen LogP contribution in [0, 0.1) is 5.92 Å². The van der Waals surface area contributed by atoms with Gasteiger partial charge in [-0.2, -0.15) is 0 Å². The van der Waals surface area contributed by atoms with E-state index in [-0.39, 0.29) is 0 Å². The largest absolute Gasteiger partial charge is 0.311 e. The van der Waals surface area contributed by atoms with Crippen molar-refractivity contribution in [2.24, 2.45) is 5.92 Å². The zero-order chi connectivity index (χ0) is 11.8. The Bertz CT molecular complexity index is 547. The molecule has 0 radical (unpaired) electrons. The Labute approximate surface area is 105 Å². The molecule has 0 bridgehead atoms. The molecule has 0 saturated carbocycles. The average molecular weight is 248 g/mol. The third-order valence-electron chi connectivity index (χ3n) is 3.29. The molecule has 0 spiro atoms. The highest BCUT2D eigenvalue weighted by Gasteiger charge is 2.20. The highest BCUT2D eigenvalue weighted by atomic mass is 35.5. The van der Waals surface area contributed by atoms with Gasteiger partial charge in [-0.15, -0.1) is 10.2 Å². The van der Waals surface area contributed by atoms with Gasteiger partial charge in [-0.3, -0.25) is 0 Å². The Morgan fingerprint density at radius 1 is 1.35 bits per heavy atom. The van der Waals surface area contributed by atoms with Crippen LogP contribution in [0.2, 0.25) is 5.02 Å². The van der Waals surface area contributed by atoms with Crippen LogP contribution in [0.25, 0.3) is 11.4 Å². The first-order valence-electron chi connectivity index (χ1n) is 5.92. The summed E-state index contributed by atoms with van der Waals surface area (Å²) in [4.78, 5) is 0. The third kappa shape index (κ3) is 1.95. The highest BCUT2D eigenvalue weighted by Crippen LogP contribution is 2.26.